The maximum atomic E-state index is 12.8. The molecule has 0 aliphatic carbocycles. The van der Waals surface area contributed by atoms with E-state index in [1.54, 1.807) is 0 Å². The molecule has 0 fully saturated rings. The fourth-order valence-electron chi connectivity index (χ4n) is 1.73. The van der Waals surface area contributed by atoms with Gasteiger partial charge in [-0.25, -0.2) is 0 Å². The zero-order valence-corrected chi connectivity index (χ0v) is 12.4. The van der Waals surface area contributed by atoms with Gasteiger partial charge < -0.3 is 9.88 Å². The number of nitrogens with one attached hydrogen (secondary N) is 1. The van der Waals surface area contributed by atoms with E-state index >= 15 is 0 Å². The minimum absolute atomic E-state index is 0.751. The van der Waals surface area contributed by atoms with E-state index in [2.05, 4.69) is 11.6 Å². The van der Waals surface area contributed by atoms with Crippen molar-refractivity contribution in [1.29, 1.82) is 0 Å². The molecule has 0 saturated heterocycles. The standard InChI is InChI=1S/C13H22NOPS/c1-3-16(15,11-9-14-10-12-17-2)13-7-5-4-6-8-13/h4-8,14H,3,9-12H2,1-2H3. The number of hydrogen-bond acceptors (Lipinski definition) is 3. The lowest BCUT2D eigenvalue weighted by molar-refractivity contribution is 0.579. The Morgan fingerprint density at radius 1 is 1.24 bits per heavy atom. The quantitative estimate of drug-likeness (QED) is 0.582. The summed E-state index contributed by atoms with van der Waals surface area (Å²) in [6.45, 7) is 3.87. The Bertz CT molecular complexity index is 356. The number of hydrogen-bond donors (Lipinski definition) is 1. The van der Waals surface area contributed by atoms with Crippen LogP contribution >= 0.6 is 18.9 Å². The van der Waals surface area contributed by atoms with Gasteiger partial charge in [-0.2, -0.15) is 11.8 Å². The van der Waals surface area contributed by atoms with Gasteiger partial charge in [0, 0.05) is 36.5 Å². The van der Waals surface area contributed by atoms with Gasteiger partial charge in [-0.05, 0) is 6.26 Å². The van der Waals surface area contributed by atoms with Crippen LogP contribution in [-0.2, 0) is 4.57 Å². The molecule has 0 amide bonds. The average molecular weight is 271 g/mol. The fourth-order valence-corrected chi connectivity index (χ4v) is 4.25. The minimum atomic E-state index is -2.17. The monoisotopic (exact) mass is 271 g/mol. The Morgan fingerprint density at radius 3 is 2.53 bits per heavy atom. The smallest absolute Gasteiger partial charge is 0.116 e. The Morgan fingerprint density at radius 2 is 1.94 bits per heavy atom. The molecule has 1 N–H and O–H groups in total. The van der Waals surface area contributed by atoms with Gasteiger partial charge in [0.05, 0.1) is 0 Å². The van der Waals surface area contributed by atoms with E-state index in [0.717, 1.165) is 36.5 Å². The van der Waals surface area contributed by atoms with Crippen LogP contribution in [0.1, 0.15) is 6.92 Å². The highest BCUT2D eigenvalue weighted by molar-refractivity contribution is 7.98. The lowest BCUT2D eigenvalue weighted by atomic mass is 10.4. The first-order valence-electron chi connectivity index (χ1n) is 6.06. The summed E-state index contributed by atoms with van der Waals surface area (Å²) in [7, 11) is -2.17. The first-order valence-corrected chi connectivity index (χ1v) is 9.53. The molecule has 1 rings (SSSR count). The molecule has 0 heterocycles. The van der Waals surface area contributed by atoms with Gasteiger partial charge in [-0.15, -0.1) is 0 Å². The third-order valence-electron chi connectivity index (χ3n) is 2.87. The van der Waals surface area contributed by atoms with E-state index in [1.165, 1.54) is 0 Å². The maximum absolute atomic E-state index is 12.8. The third kappa shape index (κ3) is 4.87. The summed E-state index contributed by atoms with van der Waals surface area (Å²) >= 11 is 1.83. The van der Waals surface area contributed by atoms with Crippen molar-refractivity contribution < 1.29 is 4.57 Å². The lowest BCUT2D eigenvalue weighted by Crippen LogP contribution is -2.23. The molecule has 1 aromatic carbocycles. The van der Waals surface area contributed by atoms with Crippen molar-refractivity contribution in [2.45, 2.75) is 6.92 Å². The summed E-state index contributed by atoms with van der Waals surface area (Å²) in [6, 6.07) is 9.90. The summed E-state index contributed by atoms with van der Waals surface area (Å²) in [5.74, 6) is 1.11. The van der Waals surface area contributed by atoms with Crippen LogP contribution in [0, 0.1) is 0 Å². The van der Waals surface area contributed by atoms with E-state index in [-0.39, 0.29) is 0 Å². The number of rotatable bonds is 8. The van der Waals surface area contributed by atoms with Crippen molar-refractivity contribution in [3.63, 3.8) is 0 Å². The van der Waals surface area contributed by atoms with Gasteiger partial charge >= 0.3 is 0 Å². The third-order valence-corrected chi connectivity index (χ3v) is 6.69. The van der Waals surface area contributed by atoms with E-state index in [1.807, 2.05) is 49.0 Å². The minimum Gasteiger partial charge on any atom is -0.319 e. The van der Waals surface area contributed by atoms with Crippen LogP contribution in [0.5, 0.6) is 0 Å². The number of benzene rings is 1. The first-order chi connectivity index (χ1) is 8.23. The van der Waals surface area contributed by atoms with Crippen LogP contribution in [0.4, 0.5) is 0 Å². The molecule has 0 aliphatic rings. The topological polar surface area (TPSA) is 29.1 Å². The molecule has 0 aliphatic heterocycles. The summed E-state index contributed by atoms with van der Waals surface area (Å²) < 4.78 is 12.8. The normalized spacial score (nSPS) is 14.5. The average Bonchev–Trinajstić information content (AvgIpc) is 2.39. The predicted molar refractivity (Wildman–Crippen MR) is 80.3 cm³/mol. The molecule has 4 heteroatoms. The molecule has 0 bridgehead atoms. The fraction of sp³-hybridized carbons (Fsp3) is 0.538. The van der Waals surface area contributed by atoms with E-state index in [4.69, 9.17) is 0 Å². The zero-order valence-electron chi connectivity index (χ0n) is 10.7. The van der Waals surface area contributed by atoms with Gasteiger partial charge in [0.15, 0.2) is 0 Å². The highest BCUT2D eigenvalue weighted by atomic mass is 32.2. The molecule has 0 saturated carbocycles. The van der Waals surface area contributed by atoms with Crippen molar-refractivity contribution in [2.75, 3.05) is 37.4 Å². The summed E-state index contributed by atoms with van der Waals surface area (Å²) in [5.41, 5.74) is 0. The van der Waals surface area contributed by atoms with Crippen molar-refractivity contribution in [2.24, 2.45) is 0 Å². The van der Waals surface area contributed by atoms with E-state index < -0.39 is 7.14 Å². The van der Waals surface area contributed by atoms with E-state index in [9.17, 15) is 4.57 Å². The van der Waals surface area contributed by atoms with E-state index in [0.29, 0.717) is 0 Å². The van der Waals surface area contributed by atoms with Gasteiger partial charge in [-0.1, -0.05) is 37.3 Å². The second-order valence-corrected chi connectivity index (χ2v) is 8.37. The predicted octanol–water partition coefficient (Wildman–Crippen LogP) is 2.65. The van der Waals surface area contributed by atoms with Crippen LogP contribution in [-0.4, -0.2) is 37.4 Å². The van der Waals surface area contributed by atoms with Gasteiger partial charge in [0.2, 0.25) is 0 Å². The molecule has 1 unspecified atom stereocenters. The molecule has 1 atom stereocenters. The van der Waals surface area contributed by atoms with Crippen LogP contribution in [0.2, 0.25) is 0 Å². The summed E-state index contributed by atoms with van der Waals surface area (Å²) in [5, 5.41) is 4.38. The second kappa shape index (κ2) is 7.97. The highest BCUT2D eigenvalue weighted by Gasteiger charge is 2.21. The van der Waals surface area contributed by atoms with Crippen LogP contribution in [0.15, 0.2) is 30.3 Å². The van der Waals surface area contributed by atoms with Gasteiger partial charge in [0.1, 0.15) is 7.14 Å². The summed E-state index contributed by atoms with van der Waals surface area (Å²) in [4.78, 5) is 0. The molecule has 96 valence electrons. The van der Waals surface area contributed by atoms with Gasteiger partial charge in [0.25, 0.3) is 0 Å². The summed E-state index contributed by atoms with van der Waals surface area (Å²) in [6.07, 6.45) is 3.62. The molecule has 0 spiro atoms. The van der Waals surface area contributed by atoms with Crippen molar-refractivity contribution in [1.82, 2.24) is 5.32 Å². The van der Waals surface area contributed by atoms with Crippen molar-refractivity contribution >= 4 is 24.2 Å². The number of thioether (sulfide) groups is 1. The first kappa shape index (κ1) is 14.8. The molecular formula is C13H22NOPS. The SMILES string of the molecule is CCP(=O)(CCNCCSC)c1ccccc1. The highest BCUT2D eigenvalue weighted by Crippen LogP contribution is 2.42. The Balaban J connectivity index is 2.49. The largest absolute Gasteiger partial charge is 0.319 e. The molecule has 1 aromatic rings. The Hall–Kier alpha value is -0.240. The van der Waals surface area contributed by atoms with Gasteiger partial charge in [-0.3, -0.25) is 0 Å². The van der Waals surface area contributed by atoms with Crippen molar-refractivity contribution in [3.05, 3.63) is 30.3 Å². The molecule has 0 radical (unpaired) electrons. The van der Waals surface area contributed by atoms with Crippen LogP contribution < -0.4 is 10.6 Å². The molecule has 0 aromatic heterocycles. The van der Waals surface area contributed by atoms with Crippen molar-refractivity contribution in [3.8, 4) is 0 Å². The Kier molecular flexibility index (Phi) is 6.94. The molecule has 17 heavy (non-hydrogen) atoms. The maximum Gasteiger partial charge on any atom is 0.116 e. The second-order valence-electron chi connectivity index (χ2n) is 4.01. The lowest BCUT2D eigenvalue weighted by Gasteiger charge is -2.17. The molecular weight excluding hydrogens is 249 g/mol. The zero-order chi connectivity index (χ0) is 12.6. The van der Waals surface area contributed by atoms with Crippen LogP contribution in [0.25, 0.3) is 0 Å². The van der Waals surface area contributed by atoms with Crippen LogP contribution in [0.3, 0.4) is 0 Å². The molecule has 2 nitrogen and oxygen atoms in total. The Labute approximate surface area is 109 Å².